The molecule has 0 aliphatic carbocycles. The van der Waals surface area contributed by atoms with E-state index in [1.807, 2.05) is 13.2 Å². The summed E-state index contributed by atoms with van der Waals surface area (Å²) in [4.78, 5) is 9.23. The van der Waals surface area contributed by atoms with Crippen molar-refractivity contribution in [1.82, 2.24) is 15.2 Å². The Morgan fingerprint density at radius 1 is 1.30 bits per heavy atom. The molecular weight excluding hydrogens is 288 g/mol. The number of methoxy groups -OCH3 is 1. The summed E-state index contributed by atoms with van der Waals surface area (Å²) in [7, 11) is 3.76. The molecule has 1 aromatic rings. The second kappa shape index (κ2) is 9.85. The molecule has 0 spiro atoms. The summed E-state index contributed by atoms with van der Waals surface area (Å²) in [5, 5.41) is 3.61. The van der Waals surface area contributed by atoms with Gasteiger partial charge in [0.1, 0.15) is 5.82 Å². The van der Waals surface area contributed by atoms with Gasteiger partial charge in [0.05, 0.1) is 6.61 Å². The van der Waals surface area contributed by atoms with Crippen LogP contribution in [-0.4, -0.2) is 62.9 Å². The van der Waals surface area contributed by atoms with Gasteiger partial charge in [-0.25, -0.2) is 4.98 Å². The van der Waals surface area contributed by atoms with Crippen molar-refractivity contribution in [3.05, 3.63) is 23.9 Å². The molecule has 1 saturated heterocycles. The van der Waals surface area contributed by atoms with Crippen LogP contribution in [0.1, 0.15) is 31.7 Å². The van der Waals surface area contributed by atoms with E-state index in [1.165, 1.54) is 37.9 Å². The van der Waals surface area contributed by atoms with Crippen LogP contribution >= 0.6 is 0 Å². The van der Waals surface area contributed by atoms with Crippen molar-refractivity contribution in [3.63, 3.8) is 0 Å². The normalized spacial score (nSPS) is 17.2. The zero-order valence-electron chi connectivity index (χ0n) is 14.9. The Morgan fingerprint density at radius 2 is 2.09 bits per heavy atom. The number of hydrogen-bond acceptors (Lipinski definition) is 5. The Hall–Kier alpha value is -1.17. The van der Waals surface area contributed by atoms with Gasteiger partial charge in [0.15, 0.2) is 0 Å². The van der Waals surface area contributed by atoms with Crippen molar-refractivity contribution in [2.24, 2.45) is 0 Å². The quantitative estimate of drug-likeness (QED) is 0.755. The molecule has 1 N–H and O–H groups in total. The third kappa shape index (κ3) is 6.45. The molecule has 1 atom stereocenters. The molecule has 0 saturated carbocycles. The molecule has 0 aromatic carbocycles. The van der Waals surface area contributed by atoms with Crippen LogP contribution in [0.4, 0.5) is 5.82 Å². The highest BCUT2D eigenvalue weighted by Crippen LogP contribution is 2.11. The average molecular weight is 320 g/mol. The van der Waals surface area contributed by atoms with Crippen LogP contribution in [-0.2, 0) is 11.3 Å². The Morgan fingerprint density at radius 3 is 2.74 bits per heavy atom. The standard InChI is InChI=1S/C18H32N4O/c1-16(15-22-9-5-4-6-10-22)19-13-17-7-8-18(20-14-17)21(2)11-12-23-3/h7-8,14,16,19H,4-6,9-13,15H2,1-3H3/t16-/m0/s1. The summed E-state index contributed by atoms with van der Waals surface area (Å²) in [6.45, 7) is 8.39. The van der Waals surface area contributed by atoms with E-state index < -0.39 is 0 Å². The highest BCUT2D eigenvalue weighted by molar-refractivity contribution is 5.38. The first-order valence-corrected chi connectivity index (χ1v) is 8.80. The minimum absolute atomic E-state index is 0.511. The van der Waals surface area contributed by atoms with Crippen molar-refractivity contribution in [1.29, 1.82) is 0 Å². The molecular formula is C18H32N4O. The topological polar surface area (TPSA) is 40.6 Å². The number of ether oxygens (including phenoxy) is 1. The van der Waals surface area contributed by atoms with Crippen molar-refractivity contribution < 1.29 is 4.74 Å². The summed E-state index contributed by atoms with van der Waals surface area (Å²) >= 11 is 0. The number of likely N-dealkylation sites (tertiary alicyclic amines) is 1. The number of aromatic nitrogens is 1. The molecule has 130 valence electrons. The van der Waals surface area contributed by atoms with Gasteiger partial charge in [-0.1, -0.05) is 12.5 Å². The average Bonchev–Trinajstić information content (AvgIpc) is 2.59. The Kier molecular flexibility index (Phi) is 7.79. The highest BCUT2D eigenvalue weighted by Gasteiger charge is 2.13. The van der Waals surface area contributed by atoms with Crippen molar-refractivity contribution in [2.45, 2.75) is 38.8 Å². The first-order valence-electron chi connectivity index (χ1n) is 8.80. The predicted molar refractivity (Wildman–Crippen MR) is 96.0 cm³/mol. The first kappa shape index (κ1) is 18.2. The van der Waals surface area contributed by atoms with Crippen LogP contribution in [0.5, 0.6) is 0 Å². The van der Waals surface area contributed by atoms with Crippen LogP contribution in [0.3, 0.4) is 0 Å². The third-order valence-corrected chi connectivity index (χ3v) is 4.47. The monoisotopic (exact) mass is 320 g/mol. The molecule has 1 aromatic heterocycles. The number of rotatable bonds is 9. The lowest BCUT2D eigenvalue weighted by molar-refractivity contribution is 0.206. The van der Waals surface area contributed by atoms with Gasteiger partial charge < -0.3 is 19.9 Å². The van der Waals surface area contributed by atoms with Crippen LogP contribution in [0, 0.1) is 0 Å². The molecule has 1 aliphatic heterocycles. The van der Waals surface area contributed by atoms with Crippen LogP contribution in [0.25, 0.3) is 0 Å². The van der Waals surface area contributed by atoms with E-state index in [0.717, 1.165) is 32.1 Å². The number of pyridine rings is 1. The number of piperidine rings is 1. The number of nitrogens with zero attached hydrogens (tertiary/aromatic N) is 3. The molecule has 2 heterocycles. The maximum atomic E-state index is 5.10. The zero-order valence-corrected chi connectivity index (χ0v) is 14.9. The smallest absolute Gasteiger partial charge is 0.128 e. The Balaban J connectivity index is 1.72. The minimum Gasteiger partial charge on any atom is -0.383 e. The summed E-state index contributed by atoms with van der Waals surface area (Å²) in [6, 6.07) is 4.76. The van der Waals surface area contributed by atoms with Gasteiger partial charge in [0.25, 0.3) is 0 Å². The van der Waals surface area contributed by atoms with Gasteiger partial charge >= 0.3 is 0 Å². The lowest BCUT2D eigenvalue weighted by atomic mass is 10.1. The third-order valence-electron chi connectivity index (χ3n) is 4.47. The SMILES string of the molecule is COCCN(C)c1ccc(CN[C@@H](C)CN2CCCCC2)cn1. The lowest BCUT2D eigenvalue weighted by Crippen LogP contribution is -2.41. The van der Waals surface area contributed by atoms with E-state index in [0.29, 0.717) is 6.04 Å². The Bertz CT molecular complexity index is 431. The van der Waals surface area contributed by atoms with Gasteiger partial charge in [0.2, 0.25) is 0 Å². The molecule has 1 aliphatic rings. The van der Waals surface area contributed by atoms with E-state index in [4.69, 9.17) is 4.74 Å². The molecule has 0 bridgehead atoms. The molecule has 2 rings (SSSR count). The number of anilines is 1. The molecule has 5 heteroatoms. The first-order chi connectivity index (χ1) is 11.2. The second-order valence-corrected chi connectivity index (χ2v) is 6.58. The van der Waals surface area contributed by atoms with E-state index in [2.05, 4.69) is 39.2 Å². The van der Waals surface area contributed by atoms with Crippen molar-refractivity contribution >= 4 is 5.82 Å². The van der Waals surface area contributed by atoms with Gasteiger partial charge in [-0.05, 0) is 44.5 Å². The van der Waals surface area contributed by atoms with Gasteiger partial charge in [-0.2, -0.15) is 0 Å². The molecule has 5 nitrogen and oxygen atoms in total. The lowest BCUT2D eigenvalue weighted by Gasteiger charge is -2.29. The second-order valence-electron chi connectivity index (χ2n) is 6.58. The van der Waals surface area contributed by atoms with E-state index in [1.54, 1.807) is 7.11 Å². The summed E-state index contributed by atoms with van der Waals surface area (Å²) < 4.78 is 5.10. The Labute approximate surface area is 141 Å². The minimum atomic E-state index is 0.511. The van der Waals surface area contributed by atoms with E-state index in [-0.39, 0.29) is 0 Å². The van der Waals surface area contributed by atoms with Crippen LogP contribution in [0.15, 0.2) is 18.3 Å². The van der Waals surface area contributed by atoms with Gasteiger partial charge in [0, 0.05) is 46.0 Å². The van der Waals surface area contributed by atoms with Crippen LogP contribution in [0.2, 0.25) is 0 Å². The highest BCUT2D eigenvalue weighted by atomic mass is 16.5. The predicted octanol–water partition coefficient (Wildman–Crippen LogP) is 2.13. The van der Waals surface area contributed by atoms with Crippen molar-refractivity contribution in [3.8, 4) is 0 Å². The number of nitrogens with one attached hydrogen (secondary N) is 1. The molecule has 0 amide bonds. The maximum Gasteiger partial charge on any atom is 0.128 e. The van der Waals surface area contributed by atoms with E-state index >= 15 is 0 Å². The molecule has 1 fully saturated rings. The van der Waals surface area contributed by atoms with Crippen LogP contribution < -0.4 is 10.2 Å². The molecule has 0 radical (unpaired) electrons. The largest absolute Gasteiger partial charge is 0.383 e. The van der Waals surface area contributed by atoms with E-state index in [9.17, 15) is 0 Å². The fourth-order valence-corrected chi connectivity index (χ4v) is 2.98. The molecule has 23 heavy (non-hydrogen) atoms. The van der Waals surface area contributed by atoms with Gasteiger partial charge in [-0.3, -0.25) is 0 Å². The van der Waals surface area contributed by atoms with Crippen molar-refractivity contribution in [2.75, 3.05) is 51.8 Å². The summed E-state index contributed by atoms with van der Waals surface area (Å²) in [5.74, 6) is 0.993. The van der Waals surface area contributed by atoms with Gasteiger partial charge in [-0.15, -0.1) is 0 Å². The maximum absolute atomic E-state index is 5.10. The fourth-order valence-electron chi connectivity index (χ4n) is 2.98. The number of hydrogen-bond donors (Lipinski definition) is 1. The summed E-state index contributed by atoms with van der Waals surface area (Å²) in [6.07, 6.45) is 6.08. The fraction of sp³-hybridized carbons (Fsp3) is 0.722. The molecule has 0 unspecified atom stereocenters. The summed E-state index contributed by atoms with van der Waals surface area (Å²) in [5.41, 5.74) is 1.24. The number of likely N-dealkylation sites (N-methyl/N-ethyl adjacent to an activating group) is 1. The zero-order chi connectivity index (χ0) is 16.5.